The molecule has 4 heteroatoms. The Kier molecular flexibility index (Phi) is 3.82. The van der Waals surface area contributed by atoms with Crippen molar-refractivity contribution in [2.45, 2.75) is 0 Å². The minimum atomic E-state index is 0.0618. The summed E-state index contributed by atoms with van der Waals surface area (Å²) in [4.78, 5) is 0. The Hall–Kier alpha value is -3.50. The van der Waals surface area contributed by atoms with E-state index in [2.05, 4.69) is 0 Å². The summed E-state index contributed by atoms with van der Waals surface area (Å²) in [6.07, 6.45) is 1.73. The maximum Gasteiger partial charge on any atom is 0.137 e. The standard InChI is InChI=1S/C19H12N2O2/c1-22-15-8-6-13(7-9-15)19-10-17(14(11-20)12-21)16-4-2-3-5-18(16)23-19/h2-10H,1H3. The van der Waals surface area contributed by atoms with Crippen LogP contribution in [0.25, 0.3) is 11.3 Å². The highest BCUT2D eigenvalue weighted by molar-refractivity contribution is 5.92. The van der Waals surface area contributed by atoms with Crippen LogP contribution in [-0.2, 0) is 0 Å². The van der Waals surface area contributed by atoms with Crippen molar-refractivity contribution >= 4 is 11.3 Å². The molecule has 0 saturated heterocycles. The van der Waals surface area contributed by atoms with Gasteiger partial charge in [-0.05, 0) is 36.4 Å². The number of nitrogens with zero attached hydrogens (tertiary/aromatic N) is 2. The van der Waals surface area contributed by atoms with Crippen LogP contribution >= 0.6 is 0 Å². The molecule has 0 spiro atoms. The summed E-state index contributed by atoms with van der Waals surface area (Å²) in [6.45, 7) is 0. The number of fused-ring (bicyclic) bond motifs is 1. The largest absolute Gasteiger partial charge is 0.497 e. The molecular formula is C19H12N2O2. The molecule has 0 aromatic heterocycles. The first-order valence-corrected chi connectivity index (χ1v) is 6.94. The molecule has 0 bridgehead atoms. The Balaban J connectivity index is 2.15. The van der Waals surface area contributed by atoms with Crippen LogP contribution in [0.1, 0.15) is 11.1 Å². The summed E-state index contributed by atoms with van der Waals surface area (Å²) in [5, 5.41) is 18.4. The lowest BCUT2D eigenvalue weighted by molar-refractivity contribution is 0.414. The highest BCUT2D eigenvalue weighted by atomic mass is 16.5. The number of hydrogen-bond acceptors (Lipinski definition) is 4. The Morgan fingerprint density at radius 3 is 2.35 bits per heavy atom. The summed E-state index contributed by atoms with van der Waals surface area (Å²) >= 11 is 0. The van der Waals surface area contributed by atoms with Crippen LogP contribution in [0, 0.1) is 22.7 Å². The first-order chi connectivity index (χ1) is 11.3. The molecule has 0 unspecified atom stereocenters. The van der Waals surface area contributed by atoms with E-state index in [9.17, 15) is 10.5 Å². The summed E-state index contributed by atoms with van der Waals surface area (Å²) in [7, 11) is 1.61. The zero-order valence-electron chi connectivity index (χ0n) is 12.4. The van der Waals surface area contributed by atoms with E-state index in [4.69, 9.17) is 9.47 Å². The summed E-state index contributed by atoms with van der Waals surface area (Å²) < 4.78 is 11.1. The molecule has 4 nitrogen and oxygen atoms in total. The quantitative estimate of drug-likeness (QED) is 0.788. The predicted octanol–water partition coefficient (Wildman–Crippen LogP) is 3.93. The fourth-order valence-corrected chi connectivity index (χ4v) is 2.38. The van der Waals surface area contributed by atoms with Crippen LogP contribution in [0.15, 0.2) is 60.2 Å². The molecule has 0 saturated carbocycles. The van der Waals surface area contributed by atoms with Gasteiger partial charge >= 0.3 is 0 Å². The molecule has 1 aliphatic rings. The highest BCUT2D eigenvalue weighted by Gasteiger charge is 2.20. The van der Waals surface area contributed by atoms with Gasteiger partial charge in [-0.1, -0.05) is 18.2 Å². The molecular weight excluding hydrogens is 288 g/mol. The van der Waals surface area contributed by atoms with E-state index < -0.39 is 0 Å². The fraction of sp³-hybridized carbons (Fsp3) is 0.0526. The summed E-state index contributed by atoms with van der Waals surface area (Å²) in [6, 6.07) is 18.7. The third kappa shape index (κ3) is 2.66. The number of allylic oxidation sites excluding steroid dienone is 3. The molecule has 110 valence electrons. The predicted molar refractivity (Wildman–Crippen MR) is 86.2 cm³/mol. The van der Waals surface area contributed by atoms with E-state index in [-0.39, 0.29) is 5.57 Å². The second kappa shape index (κ2) is 6.09. The number of ether oxygens (including phenoxy) is 2. The average molecular weight is 300 g/mol. The second-order valence-corrected chi connectivity index (χ2v) is 4.85. The van der Waals surface area contributed by atoms with Gasteiger partial charge in [0, 0.05) is 16.7 Å². The van der Waals surface area contributed by atoms with Gasteiger partial charge in [0.25, 0.3) is 0 Å². The van der Waals surface area contributed by atoms with Gasteiger partial charge in [-0.2, -0.15) is 10.5 Å². The third-order valence-electron chi connectivity index (χ3n) is 3.54. The maximum atomic E-state index is 9.21. The molecule has 0 N–H and O–H groups in total. The molecule has 0 amide bonds. The summed E-state index contributed by atoms with van der Waals surface area (Å²) in [5.41, 5.74) is 2.21. The minimum absolute atomic E-state index is 0.0618. The van der Waals surface area contributed by atoms with Crippen LogP contribution in [0.5, 0.6) is 11.5 Å². The van der Waals surface area contributed by atoms with Gasteiger partial charge in [0.1, 0.15) is 35.0 Å². The normalized spacial score (nSPS) is 12.1. The van der Waals surface area contributed by atoms with Gasteiger partial charge in [-0.3, -0.25) is 0 Å². The highest BCUT2D eigenvalue weighted by Crippen LogP contribution is 2.38. The fourth-order valence-electron chi connectivity index (χ4n) is 2.38. The van der Waals surface area contributed by atoms with Crippen LogP contribution in [0.3, 0.4) is 0 Å². The van der Waals surface area contributed by atoms with Crippen molar-refractivity contribution in [3.63, 3.8) is 0 Å². The molecule has 23 heavy (non-hydrogen) atoms. The molecule has 1 aliphatic heterocycles. The van der Waals surface area contributed by atoms with Gasteiger partial charge in [0.15, 0.2) is 0 Å². The zero-order valence-corrected chi connectivity index (χ0v) is 12.4. The maximum absolute atomic E-state index is 9.21. The lowest BCUT2D eigenvalue weighted by Gasteiger charge is -2.20. The van der Waals surface area contributed by atoms with Crippen molar-refractivity contribution in [1.82, 2.24) is 0 Å². The molecule has 0 aliphatic carbocycles. The Morgan fingerprint density at radius 2 is 1.70 bits per heavy atom. The van der Waals surface area contributed by atoms with Crippen LogP contribution in [0.2, 0.25) is 0 Å². The van der Waals surface area contributed by atoms with Crippen molar-refractivity contribution in [2.75, 3.05) is 7.11 Å². The Morgan fingerprint density at radius 1 is 1.00 bits per heavy atom. The van der Waals surface area contributed by atoms with Crippen LogP contribution < -0.4 is 9.47 Å². The third-order valence-corrected chi connectivity index (χ3v) is 3.54. The molecule has 2 aromatic rings. The average Bonchev–Trinajstić information content (AvgIpc) is 2.62. The minimum Gasteiger partial charge on any atom is -0.497 e. The van der Waals surface area contributed by atoms with E-state index in [1.165, 1.54) is 0 Å². The first kappa shape index (κ1) is 14.4. The smallest absolute Gasteiger partial charge is 0.137 e. The van der Waals surface area contributed by atoms with Crippen molar-refractivity contribution in [1.29, 1.82) is 10.5 Å². The second-order valence-electron chi connectivity index (χ2n) is 4.85. The monoisotopic (exact) mass is 300 g/mol. The SMILES string of the molecule is COc1ccc(C2=CC(=C(C#N)C#N)c3ccccc3O2)cc1. The Bertz CT molecular complexity index is 878. The number of hydrogen-bond donors (Lipinski definition) is 0. The number of nitriles is 2. The molecule has 0 radical (unpaired) electrons. The number of benzene rings is 2. The van der Waals surface area contributed by atoms with E-state index >= 15 is 0 Å². The van der Waals surface area contributed by atoms with E-state index in [0.29, 0.717) is 17.1 Å². The van der Waals surface area contributed by atoms with Crippen molar-refractivity contribution in [3.8, 4) is 23.6 Å². The zero-order chi connectivity index (χ0) is 16.2. The summed E-state index contributed by atoms with van der Waals surface area (Å²) in [5.74, 6) is 1.96. The van der Waals surface area contributed by atoms with Gasteiger partial charge in [0.05, 0.1) is 7.11 Å². The number of methoxy groups -OCH3 is 1. The topological polar surface area (TPSA) is 66.0 Å². The van der Waals surface area contributed by atoms with Crippen molar-refractivity contribution < 1.29 is 9.47 Å². The van der Waals surface area contributed by atoms with Gasteiger partial charge in [-0.25, -0.2) is 0 Å². The lowest BCUT2D eigenvalue weighted by Crippen LogP contribution is -2.04. The molecule has 1 heterocycles. The number of rotatable bonds is 2. The lowest BCUT2D eigenvalue weighted by atomic mass is 9.96. The van der Waals surface area contributed by atoms with Crippen molar-refractivity contribution in [3.05, 3.63) is 71.3 Å². The molecule has 0 fully saturated rings. The van der Waals surface area contributed by atoms with Gasteiger partial charge in [-0.15, -0.1) is 0 Å². The van der Waals surface area contributed by atoms with Crippen LogP contribution in [0.4, 0.5) is 0 Å². The van der Waals surface area contributed by atoms with E-state index in [1.54, 1.807) is 13.2 Å². The van der Waals surface area contributed by atoms with Crippen molar-refractivity contribution in [2.24, 2.45) is 0 Å². The number of para-hydroxylation sites is 1. The molecule has 2 aromatic carbocycles. The molecule has 3 rings (SSSR count). The van der Waals surface area contributed by atoms with Crippen LogP contribution in [-0.4, -0.2) is 7.11 Å². The van der Waals surface area contributed by atoms with Gasteiger partial charge in [0.2, 0.25) is 0 Å². The first-order valence-electron chi connectivity index (χ1n) is 6.94. The molecule has 0 atom stereocenters. The van der Waals surface area contributed by atoms with E-state index in [0.717, 1.165) is 16.9 Å². The van der Waals surface area contributed by atoms with E-state index in [1.807, 2.05) is 60.7 Å². The van der Waals surface area contributed by atoms with Gasteiger partial charge < -0.3 is 9.47 Å². The Labute approximate surface area is 134 Å².